The highest BCUT2D eigenvalue weighted by atomic mass is 16.1. The second kappa shape index (κ2) is 4.97. The number of nitrogens with two attached hydrogens (primary N) is 1. The van der Waals surface area contributed by atoms with Gasteiger partial charge in [0.25, 0.3) is 5.91 Å². The Balaban J connectivity index is 1.74. The molecule has 19 heavy (non-hydrogen) atoms. The van der Waals surface area contributed by atoms with E-state index < -0.39 is 0 Å². The first kappa shape index (κ1) is 12.1. The second-order valence-electron chi connectivity index (χ2n) is 5.18. The van der Waals surface area contributed by atoms with E-state index in [9.17, 15) is 4.79 Å². The smallest absolute Gasteiger partial charge is 0.251 e. The molecule has 0 unspecified atom stereocenters. The Labute approximate surface area is 112 Å². The summed E-state index contributed by atoms with van der Waals surface area (Å²) in [5.41, 5.74) is 7.28. The number of amides is 1. The number of carbonyl (C=O) groups excluding carboxylic acids is 1. The van der Waals surface area contributed by atoms with Crippen LogP contribution >= 0.6 is 0 Å². The van der Waals surface area contributed by atoms with E-state index in [1.807, 2.05) is 30.3 Å². The molecule has 2 aromatic rings. The minimum absolute atomic E-state index is 0.0286. The van der Waals surface area contributed by atoms with Crippen molar-refractivity contribution in [3.05, 3.63) is 42.1 Å². The van der Waals surface area contributed by atoms with Crippen LogP contribution in [-0.2, 0) is 0 Å². The van der Waals surface area contributed by atoms with Crippen LogP contribution in [0.5, 0.6) is 0 Å². The summed E-state index contributed by atoms with van der Waals surface area (Å²) in [6, 6.07) is 9.72. The van der Waals surface area contributed by atoms with Gasteiger partial charge >= 0.3 is 0 Å². The van der Waals surface area contributed by atoms with Gasteiger partial charge in [-0.05, 0) is 37.0 Å². The largest absolute Gasteiger partial charge is 0.352 e. The molecule has 1 aromatic heterocycles. The molecule has 1 aromatic carbocycles. The molecule has 98 valence electrons. The third-order valence-corrected chi connectivity index (χ3v) is 3.71. The predicted octanol–water partition coefficient (Wildman–Crippen LogP) is 1.70. The average Bonchev–Trinajstić information content (AvgIpc) is 2.41. The summed E-state index contributed by atoms with van der Waals surface area (Å²) in [7, 11) is 0. The molecule has 4 nitrogen and oxygen atoms in total. The van der Waals surface area contributed by atoms with E-state index in [0.29, 0.717) is 24.1 Å². The molecular weight excluding hydrogens is 238 g/mol. The summed E-state index contributed by atoms with van der Waals surface area (Å²) in [6.45, 7) is 0.711. The Morgan fingerprint density at radius 1 is 1.32 bits per heavy atom. The number of rotatable bonds is 3. The van der Waals surface area contributed by atoms with Gasteiger partial charge in [0.05, 0.1) is 5.52 Å². The minimum Gasteiger partial charge on any atom is -0.352 e. The number of nitrogens with zero attached hydrogens (tertiary/aromatic N) is 1. The SMILES string of the molecule is NC1CC(CNC(=O)c2cccc3ncccc23)C1. The number of fused-ring (bicyclic) bond motifs is 1. The molecular formula is C15H17N3O. The van der Waals surface area contributed by atoms with Gasteiger partial charge in [-0.3, -0.25) is 9.78 Å². The van der Waals surface area contributed by atoms with Gasteiger partial charge in [-0.1, -0.05) is 12.1 Å². The van der Waals surface area contributed by atoms with E-state index in [4.69, 9.17) is 5.73 Å². The van der Waals surface area contributed by atoms with Gasteiger partial charge in [-0.25, -0.2) is 0 Å². The van der Waals surface area contributed by atoms with Crippen LogP contribution in [0.2, 0.25) is 0 Å². The molecule has 1 aliphatic rings. The highest BCUT2D eigenvalue weighted by molar-refractivity contribution is 6.06. The van der Waals surface area contributed by atoms with Gasteiger partial charge in [0.2, 0.25) is 0 Å². The zero-order chi connectivity index (χ0) is 13.2. The number of nitrogens with one attached hydrogen (secondary N) is 1. The van der Waals surface area contributed by atoms with Crippen molar-refractivity contribution in [1.82, 2.24) is 10.3 Å². The van der Waals surface area contributed by atoms with Crippen molar-refractivity contribution in [2.24, 2.45) is 11.7 Å². The zero-order valence-electron chi connectivity index (χ0n) is 10.7. The highest BCUT2D eigenvalue weighted by Crippen LogP contribution is 2.24. The summed E-state index contributed by atoms with van der Waals surface area (Å²) >= 11 is 0. The molecule has 3 N–H and O–H groups in total. The first-order chi connectivity index (χ1) is 9.24. The van der Waals surface area contributed by atoms with Crippen molar-refractivity contribution in [2.45, 2.75) is 18.9 Å². The standard InChI is InChI=1S/C15H17N3O/c16-11-7-10(8-11)9-18-15(19)13-3-1-5-14-12(13)4-2-6-17-14/h1-6,10-11H,7-9,16H2,(H,18,19). The predicted molar refractivity (Wildman–Crippen MR) is 74.8 cm³/mol. The maximum Gasteiger partial charge on any atom is 0.251 e. The molecule has 4 heteroatoms. The third-order valence-electron chi connectivity index (χ3n) is 3.71. The number of hydrogen-bond donors (Lipinski definition) is 2. The Morgan fingerprint density at radius 3 is 2.95 bits per heavy atom. The molecule has 1 fully saturated rings. The van der Waals surface area contributed by atoms with E-state index in [2.05, 4.69) is 10.3 Å². The first-order valence-electron chi connectivity index (χ1n) is 6.61. The van der Waals surface area contributed by atoms with E-state index in [1.165, 1.54) is 0 Å². The van der Waals surface area contributed by atoms with Crippen LogP contribution in [0.4, 0.5) is 0 Å². The van der Waals surface area contributed by atoms with E-state index in [1.54, 1.807) is 6.20 Å². The molecule has 0 saturated heterocycles. The summed E-state index contributed by atoms with van der Waals surface area (Å²) in [5.74, 6) is 0.506. The minimum atomic E-state index is -0.0286. The van der Waals surface area contributed by atoms with Gasteiger partial charge in [0.15, 0.2) is 0 Å². The normalized spacial score (nSPS) is 21.9. The van der Waals surface area contributed by atoms with Gasteiger partial charge < -0.3 is 11.1 Å². The zero-order valence-corrected chi connectivity index (χ0v) is 10.7. The van der Waals surface area contributed by atoms with Gasteiger partial charge in [-0.15, -0.1) is 0 Å². The van der Waals surface area contributed by atoms with Crippen molar-refractivity contribution in [2.75, 3.05) is 6.54 Å². The maximum atomic E-state index is 12.2. The molecule has 3 rings (SSSR count). The van der Waals surface area contributed by atoms with Crippen LogP contribution < -0.4 is 11.1 Å². The maximum absolute atomic E-state index is 12.2. The Bertz CT molecular complexity index is 600. The van der Waals surface area contributed by atoms with Crippen molar-refractivity contribution in [3.63, 3.8) is 0 Å². The molecule has 0 aliphatic heterocycles. The lowest BCUT2D eigenvalue weighted by atomic mass is 9.81. The van der Waals surface area contributed by atoms with Crippen LogP contribution in [0.1, 0.15) is 23.2 Å². The lowest BCUT2D eigenvalue weighted by Gasteiger charge is -2.32. The molecule has 0 radical (unpaired) electrons. The van der Waals surface area contributed by atoms with Crippen molar-refractivity contribution in [3.8, 4) is 0 Å². The van der Waals surface area contributed by atoms with Crippen LogP contribution in [0.15, 0.2) is 36.5 Å². The van der Waals surface area contributed by atoms with Crippen LogP contribution in [0.25, 0.3) is 10.9 Å². The lowest BCUT2D eigenvalue weighted by molar-refractivity contribution is 0.0937. The van der Waals surface area contributed by atoms with Crippen LogP contribution in [-0.4, -0.2) is 23.5 Å². The number of carbonyl (C=O) groups is 1. The number of hydrogen-bond acceptors (Lipinski definition) is 3. The van der Waals surface area contributed by atoms with Crippen LogP contribution in [0, 0.1) is 5.92 Å². The van der Waals surface area contributed by atoms with Crippen molar-refractivity contribution >= 4 is 16.8 Å². The Kier molecular flexibility index (Phi) is 3.17. The van der Waals surface area contributed by atoms with Crippen LogP contribution in [0.3, 0.4) is 0 Å². The van der Waals surface area contributed by atoms with E-state index >= 15 is 0 Å². The highest BCUT2D eigenvalue weighted by Gasteiger charge is 2.26. The quantitative estimate of drug-likeness (QED) is 0.877. The van der Waals surface area contributed by atoms with E-state index in [0.717, 1.165) is 23.7 Å². The molecule has 0 spiro atoms. The van der Waals surface area contributed by atoms with Crippen molar-refractivity contribution < 1.29 is 4.79 Å². The Morgan fingerprint density at radius 2 is 2.16 bits per heavy atom. The summed E-state index contributed by atoms with van der Waals surface area (Å²) in [6.07, 6.45) is 3.76. The molecule has 1 aliphatic carbocycles. The monoisotopic (exact) mass is 255 g/mol. The topological polar surface area (TPSA) is 68.0 Å². The van der Waals surface area contributed by atoms with Gasteiger partial charge in [0, 0.05) is 29.7 Å². The van der Waals surface area contributed by atoms with Crippen molar-refractivity contribution in [1.29, 1.82) is 0 Å². The fraction of sp³-hybridized carbons (Fsp3) is 0.333. The molecule has 1 saturated carbocycles. The molecule has 1 heterocycles. The number of benzene rings is 1. The second-order valence-corrected chi connectivity index (χ2v) is 5.18. The molecule has 0 bridgehead atoms. The Hall–Kier alpha value is -1.94. The average molecular weight is 255 g/mol. The van der Waals surface area contributed by atoms with Gasteiger partial charge in [0.1, 0.15) is 0 Å². The molecule has 1 amide bonds. The summed E-state index contributed by atoms with van der Waals surface area (Å²) in [5, 5.41) is 3.89. The number of pyridine rings is 1. The fourth-order valence-corrected chi connectivity index (χ4v) is 2.59. The summed E-state index contributed by atoms with van der Waals surface area (Å²) < 4.78 is 0. The summed E-state index contributed by atoms with van der Waals surface area (Å²) in [4.78, 5) is 16.5. The number of aromatic nitrogens is 1. The molecule has 0 atom stereocenters. The van der Waals surface area contributed by atoms with E-state index in [-0.39, 0.29) is 5.91 Å². The first-order valence-corrected chi connectivity index (χ1v) is 6.61. The fourth-order valence-electron chi connectivity index (χ4n) is 2.59. The lowest BCUT2D eigenvalue weighted by Crippen LogP contribution is -2.42. The third kappa shape index (κ3) is 2.44. The van der Waals surface area contributed by atoms with Gasteiger partial charge in [-0.2, -0.15) is 0 Å².